The second-order valence-electron chi connectivity index (χ2n) is 7.77. The quantitative estimate of drug-likeness (QED) is 0.771. The van der Waals surface area contributed by atoms with Crippen molar-refractivity contribution >= 4 is 27.5 Å². The number of benzene rings is 1. The van der Waals surface area contributed by atoms with Gasteiger partial charge in [-0.1, -0.05) is 13.8 Å². The second kappa shape index (κ2) is 6.60. The van der Waals surface area contributed by atoms with Crippen molar-refractivity contribution in [3.05, 3.63) is 23.3 Å². The zero-order chi connectivity index (χ0) is 19.3. The van der Waals surface area contributed by atoms with E-state index in [0.717, 1.165) is 16.8 Å². The number of carbonyl (C=O) groups is 2. The topological polar surface area (TPSA) is 78.0 Å². The normalized spacial score (nSPS) is 20.3. The zero-order valence-electron chi connectivity index (χ0n) is 15.8. The Kier molecular flexibility index (Phi) is 4.50. The van der Waals surface area contributed by atoms with Gasteiger partial charge >= 0.3 is 0 Å². The summed E-state index contributed by atoms with van der Waals surface area (Å²) in [5, 5.41) is 0. The SMILES string of the molecule is CC(C)C(=O)N1CCN(S(=O)(=O)c2cc3c4c(c2)CCN4C(=O)CC3)CC1. The molecule has 0 bridgehead atoms. The summed E-state index contributed by atoms with van der Waals surface area (Å²) in [4.78, 5) is 28.0. The molecule has 0 aliphatic carbocycles. The van der Waals surface area contributed by atoms with Crippen LogP contribution in [0.5, 0.6) is 0 Å². The van der Waals surface area contributed by atoms with Crippen molar-refractivity contribution < 1.29 is 18.0 Å². The number of hydrogen-bond donors (Lipinski definition) is 0. The van der Waals surface area contributed by atoms with E-state index >= 15 is 0 Å². The number of sulfonamides is 1. The lowest BCUT2D eigenvalue weighted by Crippen LogP contribution is -2.51. The number of nitrogens with zero attached hydrogens (tertiary/aromatic N) is 3. The van der Waals surface area contributed by atoms with Gasteiger partial charge in [-0.25, -0.2) is 8.42 Å². The molecule has 0 aromatic heterocycles. The van der Waals surface area contributed by atoms with Gasteiger partial charge in [0.25, 0.3) is 0 Å². The fourth-order valence-corrected chi connectivity index (χ4v) is 5.76. The second-order valence-corrected chi connectivity index (χ2v) is 9.71. The highest BCUT2D eigenvalue weighted by Crippen LogP contribution is 2.39. The summed E-state index contributed by atoms with van der Waals surface area (Å²) in [6.07, 6.45) is 1.73. The van der Waals surface area contributed by atoms with Crippen LogP contribution in [0.1, 0.15) is 31.4 Å². The van der Waals surface area contributed by atoms with Gasteiger partial charge in [0, 0.05) is 45.1 Å². The van der Waals surface area contributed by atoms with E-state index in [2.05, 4.69) is 0 Å². The van der Waals surface area contributed by atoms with Crippen molar-refractivity contribution in [2.75, 3.05) is 37.6 Å². The summed E-state index contributed by atoms with van der Waals surface area (Å²) in [6, 6.07) is 3.48. The Labute approximate surface area is 160 Å². The molecule has 1 saturated heterocycles. The molecule has 1 aromatic rings. The maximum Gasteiger partial charge on any atom is 0.243 e. The van der Waals surface area contributed by atoms with Gasteiger partial charge in [0.2, 0.25) is 21.8 Å². The molecule has 0 N–H and O–H groups in total. The van der Waals surface area contributed by atoms with Crippen LogP contribution in [0.25, 0.3) is 0 Å². The number of hydrogen-bond acceptors (Lipinski definition) is 4. The van der Waals surface area contributed by atoms with E-state index in [1.807, 2.05) is 13.8 Å². The lowest BCUT2D eigenvalue weighted by Gasteiger charge is -2.35. The molecule has 0 spiro atoms. The molecule has 0 atom stereocenters. The molecule has 0 radical (unpaired) electrons. The zero-order valence-corrected chi connectivity index (χ0v) is 16.6. The van der Waals surface area contributed by atoms with Crippen LogP contribution in [-0.2, 0) is 32.5 Å². The van der Waals surface area contributed by atoms with Gasteiger partial charge in [-0.15, -0.1) is 0 Å². The highest BCUT2D eigenvalue weighted by molar-refractivity contribution is 7.89. The first-order valence-electron chi connectivity index (χ1n) is 9.54. The van der Waals surface area contributed by atoms with Crippen molar-refractivity contribution in [2.45, 2.75) is 38.0 Å². The Bertz CT molecular complexity index is 902. The first kappa shape index (κ1) is 18.4. The number of anilines is 1. The van der Waals surface area contributed by atoms with Crippen LogP contribution >= 0.6 is 0 Å². The maximum absolute atomic E-state index is 13.2. The first-order valence-corrected chi connectivity index (χ1v) is 11.0. The van der Waals surface area contributed by atoms with Crippen LogP contribution < -0.4 is 4.90 Å². The van der Waals surface area contributed by atoms with Crippen molar-refractivity contribution in [1.29, 1.82) is 0 Å². The lowest BCUT2D eigenvalue weighted by molar-refractivity contribution is -0.135. The van der Waals surface area contributed by atoms with Gasteiger partial charge < -0.3 is 9.80 Å². The van der Waals surface area contributed by atoms with E-state index in [0.29, 0.717) is 56.9 Å². The van der Waals surface area contributed by atoms with Crippen LogP contribution in [-0.4, -0.2) is 62.2 Å². The Morgan fingerprint density at radius 1 is 0.963 bits per heavy atom. The largest absolute Gasteiger partial charge is 0.340 e. The van der Waals surface area contributed by atoms with Gasteiger partial charge in [0.05, 0.1) is 10.6 Å². The number of amides is 2. The average molecular weight is 391 g/mol. The van der Waals surface area contributed by atoms with Gasteiger partial charge in [-0.3, -0.25) is 9.59 Å². The van der Waals surface area contributed by atoms with Crippen LogP contribution in [0.15, 0.2) is 17.0 Å². The monoisotopic (exact) mass is 391 g/mol. The minimum absolute atomic E-state index is 0.0683. The molecule has 7 nitrogen and oxygen atoms in total. The van der Waals surface area contributed by atoms with Crippen LogP contribution in [0, 0.1) is 5.92 Å². The molecule has 0 unspecified atom stereocenters. The van der Waals surface area contributed by atoms with Gasteiger partial charge in [-0.2, -0.15) is 4.31 Å². The Hall–Kier alpha value is -1.93. The summed E-state index contributed by atoms with van der Waals surface area (Å²) >= 11 is 0. The van der Waals surface area contributed by atoms with Crippen LogP contribution in [0.4, 0.5) is 5.69 Å². The highest BCUT2D eigenvalue weighted by Gasteiger charge is 2.35. The van der Waals surface area contributed by atoms with E-state index in [9.17, 15) is 18.0 Å². The molecule has 3 aliphatic heterocycles. The fourth-order valence-electron chi connectivity index (χ4n) is 4.24. The molecule has 27 heavy (non-hydrogen) atoms. The molecule has 146 valence electrons. The number of piperazine rings is 1. The van der Waals surface area contributed by atoms with E-state index in [4.69, 9.17) is 0 Å². The fraction of sp³-hybridized carbons (Fsp3) is 0.579. The third-order valence-electron chi connectivity index (χ3n) is 5.71. The summed E-state index contributed by atoms with van der Waals surface area (Å²) in [5.74, 6) is 0.116. The molecule has 3 heterocycles. The first-order chi connectivity index (χ1) is 12.8. The highest BCUT2D eigenvalue weighted by atomic mass is 32.2. The summed E-state index contributed by atoms with van der Waals surface area (Å²) < 4.78 is 27.8. The minimum Gasteiger partial charge on any atom is -0.340 e. The molecule has 0 saturated carbocycles. The third-order valence-corrected chi connectivity index (χ3v) is 7.58. The molecule has 1 fully saturated rings. The van der Waals surface area contributed by atoms with E-state index < -0.39 is 10.0 Å². The number of rotatable bonds is 3. The van der Waals surface area contributed by atoms with Crippen molar-refractivity contribution in [2.24, 2.45) is 5.92 Å². The summed E-state index contributed by atoms with van der Waals surface area (Å²) in [6.45, 7) is 5.84. The Morgan fingerprint density at radius 3 is 2.22 bits per heavy atom. The third kappa shape index (κ3) is 3.04. The molecule has 1 aromatic carbocycles. The standard InChI is InChI=1S/C19H25N3O4S/c1-13(2)19(24)20-7-9-21(10-8-20)27(25,26)16-11-14-3-4-17(23)22-6-5-15(12-16)18(14)22/h11-13H,3-10H2,1-2H3. The predicted octanol–water partition coefficient (Wildman–Crippen LogP) is 1.01. The van der Waals surface area contributed by atoms with Gasteiger partial charge in [0.1, 0.15) is 0 Å². The van der Waals surface area contributed by atoms with E-state index in [1.165, 1.54) is 4.31 Å². The molecule has 8 heteroatoms. The van der Waals surface area contributed by atoms with Gasteiger partial charge in [-0.05, 0) is 36.1 Å². The molecule has 2 amide bonds. The smallest absolute Gasteiger partial charge is 0.243 e. The number of carbonyl (C=O) groups excluding carboxylic acids is 2. The van der Waals surface area contributed by atoms with E-state index in [1.54, 1.807) is 21.9 Å². The summed E-state index contributed by atoms with van der Waals surface area (Å²) in [5.41, 5.74) is 2.84. The maximum atomic E-state index is 13.2. The average Bonchev–Trinajstić information content (AvgIpc) is 3.09. The molecule has 3 aliphatic rings. The van der Waals surface area contributed by atoms with E-state index in [-0.39, 0.29) is 17.7 Å². The van der Waals surface area contributed by atoms with Crippen LogP contribution in [0.2, 0.25) is 0 Å². The summed E-state index contributed by atoms with van der Waals surface area (Å²) in [7, 11) is -3.60. The minimum atomic E-state index is -3.60. The Morgan fingerprint density at radius 2 is 1.59 bits per heavy atom. The molecule has 4 rings (SSSR count). The lowest BCUT2D eigenvalue weighted by atomic mass is 10.00. The van der Waals surface area contributed by atoms with Crippen LogP contribution in [0.3, 0.4) is 0 Å². The molecular weight excluding hydrogens is 366 g/mol. The van der Waals surface area contributed by atoms with Crippen molar-refractivity contribution in [3.8, 4) is 0 Å². The predicted molar refractivity (Wildman–Crippen MR) is 101 cm³/mol. The van der Waals surface area contributed by atoms with Crippen molar-refractivity contribution in [1.82, 2.24) is 9.21 Å². The van der Waals surface area contributed by atoms with Crippen molar-refractivity contribution in [3.63, 3.8) is 0 Å². The molecular formula is C19H25N3O4S. The number of aryl methyl sites for hydroxylation is 1. The van der Waals surface area contributed by atoms with Gasteiger partial charge in [0.15, 0.2) is 0 Å². The Balaban J connectivity index is 1.58.